The van der Waals surface area contributed by atoms with E-state index < -0.39 is 11.6 Å². The Morgan fingerprint density at radius 3 is 2.34 bits per heavy atom. The zero-order valence-electron chi connectivity index (χ0n) is 19.2. The average Bonchev–Trinajstić information content (AvgIpc) is 3.15. The van der Waals surface area contributed by atoms with E-state index in [1.54, 1.807) is 28.8 Å². The van der Waals surface area contributed by atoms with Gasteiger partial charge in [0.2, 0.25) is 0 Å². The Hall–Kier alpha value is -4.11. The van der Waals surface area contributed by atoms with Crippen LogP contribution in [0, 0.1) is 0 Å². The molecule has 9 heteroatoms. The fraction of sp³-hybridized carbons (Fsp3) is 0.192. The summed E-state index contributed by atoms with van der Waals surface area (Å²) in [7, 11) is 0. The van der Waals surface area contributed by atoms with E-state index in [-0.39, 0.29) is 11.5 Å². The van der Waals surface area contributed by atoms with Crippen LogP contribution in [0.3, 0.4) is 0 Å². The number of rotatable bonds is 9. The summed E-state index contributed by atoms with van der Waals surface area (Å²) in [6.45, 7) is 3.57. The van der Waals surface area contributed by atoms with Crippen LogP contribution in [0.5, 0.6) is 11.5 Å². The molecule has 2 N–H and O–H groups in total. The third-order valence-electron chi connectivity index (χ3n) is 5.38. The maximum Gasteiger partial charge on any atom is 0.347 e. The summed E-state index contributed by atoms with van der Waals surface area (Å²) in [5.74, 6) is -0.0628. The Labute approximate surface area is 205 Å². The number of thiazole rings is 1. The number of ether oxygens (including phenoxy) is 2. The van der Waals surface area contributed by atoms with Crippen LogP contribution < -0.4 is 14.3 Å². The molecular formula is C26H24N2O6S. The van der Waals surface area contributed by atoms with Crippen LogP contribution >= 0.6 is 11.3 Å². The van der Waals surface area contributed by atoms with Crippen LogP contribution in [-0.2, 0) is 11.3 Å². The summed E-state index contributed by atoms with van der Waals surface area (Å²) < 4.78 is 13.7. The van der Waals surface area contributed by atoms with Crippen LogP contribution in [0.1, 0.15) is 25.0 Å². The van der Waals surface area contributed by atoms with Crippen molar-refractivity contribution in [1.29, 1.82) is 0 Å². The highest BCUT2D eigenvalue weighted by Gasteiger charge is 2.29. The summed E-state index contributed by atoms with van der Waals surface area (Å²) in [5.41, 5.74) is 1.36. The van der Waals surface area contributed by atoms with E-state index in [2.05, 4.69) is 5.16 Å². The first-order valence-corrected chi connectivity index (χ1v) is 11.7. The van der Waals surface area contributed by atoms with Gasteiger partial charge < -0.3 is 19.8 Å². The number of hydrogen-bond acceptors (Lipinski definition) is 7. The minimum atomic E-state index is -1.34. The van der Waals surface area contributed by atoms with Crippen molar-refractivity contribution < 1.29 is 24.6 Å². The second-order valence-electron chi connectivity index (χ2n) is 8.25. The Morgan fingerprint density at radius 2 is 1.69 bits per heavy atom. The molecule has 0 fully saturated rings. The number of benzene rings is 3. The minimum absolute atomic E-state index is 0.109. The Morgan fingerprint density at radius 1 is 1.00 bits per heavy atom. The lowest BCUT2D eigenvalue weighted by atomic mass is 10.0. The average molecular weight is 493 g/mol. The lowest BCUT2D eigenvalue weighted by molar-refractivity contribution is -0.152. The zero-order valence-corrected chi connectivity index (χ0v) is 20.0. The zero-order chi connectivity index (χ0) is 25.0. The van der Waals surface area contributed by atoms with Crippen LogP contribution in [0.2, 0.25) is 0 Å². The quantitative estimate of drug-likeness (QED) is 0.201. The van der Waals surface area contributed by atoms with Crippen molar-refractivity contribution in [2.45, 2.75) is 26.0 Å². The fourth-order valence-corrected chi connectivity index (χ4v) is 4.46. The third-order valence-corrected chi connectivity index (χ3v) is 6.33. The molecule has 0 bridgehead atoms. The molecule has 1 aromatic heterocycles. The number of fused-ring (bicyclic) bond motifs is 1. The fourth-order valence-electron chi connectivity index (χ4n) is 3.50. The minimum Gasteiger partial charge on any atom is -0.492 e. The van der Waals surface area contributed by atoms with E-state index >= 15 is 0 Å². The highest BCUT2D eigenvalue weighted by atomic mass is 32.1. The number of carboxylic acid groups (broad SMARTS) is 1. The van der Waals surface area contributed by atoms with E-state index in [1.165, 1.54) is 13.8 Å². The molecule has 0 atom stereocenters. The second kappa shape index (κ2) is 10.0. The van der Waals surface area contributed by atoms with E-state index in [1.807, 2.05) is 48.5 Å². The Kier molecular flexibility index (Phi) is 6.88. The Balaban J connectivity index is 1.44. The number of aliphatic carboxylic acids is 1. The third kappa shape index (κ3) is 5.36. The number of aromatic nitrogens is 1. The highest BCUT2D eigenvalue weighted by molar-refractivity contribution is 7.16. The molecular weight excluding hydrogens is 468 g/mol. The van der Waals surface area contributed by atoms with E-state index in [9.17, 15) is 19.9 Å². The molecule has 4 aromatic rings. The number of hydrogen-bond donors (Lipinski definition) is 2. The molecule has 0 aliphatic carbocycles. The van der Waals surface area contributed by atoms with Gasteiger partial charge in [0.05, 0.1) is 16.8 Å². The van der Waals surface area contributed by atoms with Crippen LogP contribution in [0.4, 0.5) is 0 Å². The van der Waals surface area contributed by atoms with Gasteiger partial charge in [0, 0.05) is 11.1 Å². The van der Waals surface area contributed by atoms with Gasteiger partial charge in [-0.3, -0.25) is 9.36 Å². The summed E-state index contributed by atoms with van der Waals surface area (Å²) in [4.78, 5) is 23.7. The molecule has 4 rings (SSSR count). The van der Waals surface area contributed by atoms with Crippen LogP contribution in [0.25, 0.3) is 10.2 Å². The summed E-state index contributed by atoms with van der Waals surface area (Å²) >= 11 is 1.12. The smallest absolute Gasteiger partial charge is 0.347 e. The monoisotopic (exact) mass is 492 g/mol. The Bertz CT molecular complexity index is 1420. The first-order valence-electron chi connectivity index (χ1n) is 10.8. The van der Waals surface area contributed by atoms with E-state index in [0.717, 1.165) is 27.1 Å². The lowest BCUT2D eigenvalue weighted by Crippen LogP contribution is -2.37. The molecule has 0 saturated heterocycles. The second-order valence-corrected chi connectivity index (χ2v) is 9.25. The van der Waals surface area contributed by atoms with Gasteiger partial charge in [0.15, 0.2) is 5.60 Å². The predicted octanol–water partition coefficient (Wildman–Crippen LogP) is 4.61. The summed E-state index contributed by atoms with van der Waals surface area (Å²) in [6.07, 6.45) is 0. The normalized spacial score (nSPS) is 12.0. The molecule has 35 heavy (non-hydrogen) atoms. The van der Waals surface area contributed by atoms with Gasteiger partial charge in [0.1, 0.15) is 23.8 Å². The van der Waals surface area contributed by atoms with Gasteiger partial charge in [0.25, 0.3) is 0 Å². The molecule has 3 aromatic carbocycles. The maximum atomic E-state index is 12.6. The summed E-state index contributed by atoms with van der Waals surface area (Å²) in [5, 5.41) is 22.2. The number of carbonyl (C=O) groups is 1. The molecule has 0 spiro atoms. The van der Waals surface area contributed by atoms with Crippen molar-refractivity contribution in [2.24, 2.45) is 5.16 Å². The number of nitrogens with zero attached hydrogens (tertiary/aromatic N) is 2. The molecule has 1 heterocycles. The molecule has 0 unspecified atom stereocenters. The molecule has 0 aliphatic rings. The van der Waals surface area contributed by atoms with Crippen molar-refractivity contribution in [2.75, 3.05) is 6.61 Å². The molecule has 0 radical (unpaired) electrons. The SMILES string of the molecule is CC(C)(Oc1ccc(OCCn2c(=O)sc3cc(/C(=N/O)c4ccccc4)ccc32)cc1)C(=O)O. The lowest BCUT2D eigenvalue weighted by Gasteiger charge is -2.21. The van der Waals surface area contributed by atoms with Crippen molar-refractivity contribution in [3.8, 4) is 11.5 Å². The predicted molar refractivity (Wildman–Crippen MR) is 134 cm³/mol. The van der Waals surface area contributed by atoms with E-state index in [4.69, 9.17) is 9.47 Å². The first-order chi connectivity index (χ1) is 16.8. The van der Waals surface area contributed by atoms with E-state index in [0.29, 0.717) is 29.3 Å². The van der Waals surface area contributed by atoms with Crippen LogP contribution in [0.15, 0.2) is 82.7 Å². The van der Waals surface area contributed by atoms with Gasteiger partial charge in [-0.05, 0) is 50.2 Å². The summed E-state index contributed by atoms with van der Waals surface area (Å²) in [6, 6.07) is 21.5. The van der Waals surface area contributed by atoms with Gasteiger partial charge in [-0.1, -0.05) is 52.9 Å². The van der Waals surface area contributed by atoms with Crippen molar-refractivity contribution in [3.63, 3.8) is 0 Å². The highest BCUT2D eigenvalue weighted by Crippen LogP contribution is 2.24. The number of carboxylic acids is 1. The van der Waals surface area contributed by atoms with Crippen molar-refractivity contribution >= 4 is 33.2 Å². The standard InChI is InChI=1S/C26H24N2O6S/c1-26(2,24(29)30)34-20-11-9-19(10-12-20)33-15-14-28-21-13-8-18(16-22(21)35-25(28)31)23(27-32)17-6-4-3-5-7-17/h3-13,16,32H,14-15H2,1-2H3,(H,29,30)/b27-23+. The van der Waals surface area contributed by atoms with Gasteiger partial charge in [-0.15, -0.1) is 0 Å². The molecule has 0 aliphatic heterocycles. The van der Waals surface area contributed by atoms with Crippen LogP contribution in [-0.4, -0.2) is 38.8 Å². The topological polar surface area (TPSA) is 110 Å². The molecule has 0 amide bonds. The number of oxime groups is 1. The van der Waals surface area contributed by atoms with Crippen molar-refractivity contribution in [3.05, 3.63) is 93.6 Å². The van der Waals surface area contributed by atoms with Gasteiger partial charge >= 0.3 is 10.8 Å². The largest absolute Gasteiger partial charge is 0.492 e. The first kappa shape index (κ1) is 24.0. The molecule has 180 valence electrons. The van der Waals surface area contributed by atoms with Gasteiger partial charge in [-0.2, -0.15) is 0 Å². The van der Waals surface area contributed by atoms with Gasteiger partial charge in [-0.25, -0.2) is 4.79 Å². The molecule has 0 saturated carbocycles. The van der Waals surface area contributed by atoms with Crippen molar-refractivity contribution in [1.82, 2.24) is 4.57 Å². The maximum absolute atomic E-state index is 12.6. The molecule has 8 nitrogen and oxygen atoms in total.